The number of rotatable bonds is 7. The number of benzene rings is 1. The summed E-state index contributed by atoms with van der Waals surface area (Å²) in [7, 11) is 4.61. The summed E-state index contributed by atoms with van der Waals surface area (Å²) in [5.41, 5.74) is 0.707. The van der Waals surface area contributed by atoms with Gasteiger partial charge in [-0.15, -0.1) is 0 Å². The Bertz CT molecular complexity index is 479. The molecular weight excluding hydrogens is 260 g/mol. The zero-order chi connectivity index (χ0) is 15.0. The van der Waals surface area contributed by atoms with Crippen LogP contribution < -0.4 is 14.2 Å². The molecule has 20 heavy (non-hydrogen) atoms. The van der Waals surface area contributed by atoms with E-state index in [1.54, 1.807) is 25.3 Å². The zero-order valence-electron chi connectivity index (χ0n) is 12.3. The molecule has 0 bridgehead atoms. The lowest BCUT2D eigenvalue weighted by Crippen LogP contribution is -2.01. The fourth-order valence-electron chi connectivity index (χ4n) is 1.66. The minimum Gasteiger partial charge on any atom is -0.493 e. The van der Waals surface area contributed by atoms with E-state index in [-0.39, 0.29) is 5.97 Å². The molecule has 0 aliphatic heterocycles. The van der Waals surface area contributed by atoms with E-state index in [1.807, 2.05) is 6.92 Å². The number of ether oxygens (including phenoxy) is 4. The van der Waals surface area contributed by atoms with Crippen LogP contribution in [0.4, 0.5) is 0 Å². The molecule has 0 aliphatic carbocycles. The molecule has 0 aliphatic rings. The molecule has 0 aromatic heterocycles. The standard InChI is InChI=1S/C15H20O5/c1-5-10-20-13(16)9-7-11-6-8-12(17-2)15(19-4)14(11)18-3/h6-9H,5,10H2,1-4H3. The molecule has 0 radical (unpaired) electrons. The Morgan fingerprint density at radius 2 is 1.80 bits per heavy atom. The van der Waals surface area contributed by atoms with E-state index in [9.17, 15) is 4.79 Å². The van der Waals surface area contributed by atoms with Gasteiger partial charge in [0.15, 0.2) is 11.5 Å². The van der Waals surface area contributed by atoms with Crippen molar-refractivity contribution in [2.24, 2.45) is 0 Å². The third kappa shape index (κ3) is 3.91. The third-order valence-electron chi connectivity index (χ3n) is 2.58. The predicted molar refractivity (Wildman–Crippen MR) is 76.4 cm³/mol. The lowest BCUT2D eigenvalue weighted by molar-refractivity contribution is -0.137. The largest absolute Gasteiger partial charge is 0.493 e. The second-order valence-electron chi connectivity index (χ2n) is 3.92. The van der Waals surface area contributed by atoms with Crippen molar-refractivity contribution in [3.05, 3.63) is 23.8 Å². The maximum atomic E-state index is 11.4. The van der Waals surface area contributed by atoms with Crippen molar-refractivity contribution in [1.29, 1.82) is 0 Å². The highest BCUT2D eigenvalue weighted by atomic mass is 16.5. The quantitative estimate of drug-likeness (QED) is 0.568. The van der Waals surface area contributed by atoms with E-state index in [0.717, 1.165) is 6.42 Å². The molecule has 0 unspecified atom stereocenters. The third-order valence-corrected chi connectivity index (χ3v) is 2.58. The average molecular weight is 280 g/mol. The lowest BCUT2D eigenvalue weighted by atomic mass is 10.1. The Hall–Kier alpha value is -2.17. The molecule has 5 heteroatoms. The molecule has 5 nitrogen and oxygen atoms in total. The molecule has 0 saturated heterocycles. The first-order valence-corrected chi connectivity index (χ1v) is 6.31. The number of carbonyl (C=O) groups excluding carboxylic acids is 1. The average Bonchev–Trinajstić information content (AvgIpc) is 2.49. The zero-order valence-corrected chi connectivity index (χ0v) is 12.3. The summed E-state index contributed by atoms with van der Waals surface area (Å²) in [6.45, 7) is 2.35. The minimum absolute atomic E-state index is 0.385. The molecule has 1 aromatic carbocycles. The summed E-state index contributed by atoms with van der Waals surface area (Å²) in [6, 6.07) is 3.53. The van der Waals surface area contributed by atoms with E-state index < -0.39 is 0 Å². The van der Waals surface area contributed by atoms with E-state index in [0.29, 0.717) is 29.4 Å². The van der Waals surface area contributed by atoms with Gasteiger partial charge in [0, 0.05) is 11.6 Å². The Morgan fingerprint density at radius 3 is 2.35 bits per heavy atom. The summed E-state index contributed by atoms with van der Waals surface area (Å²) in [4.78, 5) is 11.4. The molecule has 1 rings (SSSR count). The van der Waals surface area contributed by atoms with Gasteiger partial charge in [-0.1, -0.05) is 6.92 Å². The van der Waals surface area contributed by atoms with Crippen LogP contribution in [0, 0.1) is 0 Å². The van der Waals surface area contributed by atoms with Gasteiger partial charge in [-0.3, -0.25) is 0 Å². The Kier molecular flexibility index (Phi) is 6.43. The van der Waals surface area contributed by atoms with Crippen molar-refractivity contribution in [2.45, 2.75) is 13.3 Å². The van der Waals surface area contributed by atoms with E-state index in [4.69, 9.17) is 18.9 Å². The SMILES string of the molecule is CCCOC(=O)C=Cc1ccc(OC)c(OC)c1OC. The van der Waals surface area contributed by atoms with Crippen LogP contribution in [-0.2, 0) is 9.53 Å². The summed E-state index contributed by atoms with van der Waals surface area (Å²) in [5, 5.41) is 0. The molecular formula is C15H20O5. The van der Waals surface area contributed by atoms with Crippen LogP contribution in [-0.4, -0.2) is 33.9 Å². The van der Waals surface area contributed by atoms with Crippen LogP contribution in [0.25, 0.3) is 6.08 Å². The highest BCUT2D eigenvalue weighted by Crippen LogP contribution is 2.40. The topological polar surface area (TPSA) is 54.0 Å². The highest BCUT2D eigenvalue weighted by Gasteiger charge is 2.14. The Balaban J connectivity index is 3.00. The van der Waals surface area contributed by atoms with Gasteiger partial charge in [0.2, 0.25) is 5.75 Å². The maximum absolute atomic E-state index is 11.4. The lowest BCUT2D eigenvalue weighted by Gasteiger charge is -2.13. The molecule has 0 fully saturated rings. The van der Waals surface area contributed by atoms with Gasteiger partial charge in [0.1, 0.15) is 0 Å². The van der Waals surface area contributed by atoms with Gasteiger partial charge in [0.05, 0.1) is 27.9 Å². The van der Waals surface area contributed by atoms with Gasteiger partial charge in [0.25, 0.3) is 0 Å². The van der Waals surface area contributed by atoms with Crippen molar-refractivity contribution in [3.8, 4) is 17.2 Å². The fraction of sp³-hybridized carbons (Fsp3) is 0.400. The first kappa shape index (κ1) is 15.9. The van der Waals surface area contributed by atoms with Crippen LogP contribution in [0.5, 0.6) is 17.2 Å². The van der Waals surface area contributed by atoms with E-state index >= 15 is 0 Å². The Labute approximate surface area is 119 Å². The van der Waals surface area contributed by atoms with Gasteiger partial charge in [-0.2, -0.15) is 0 Å². The van der Waals surface area contributed by atoms with E-state index in [1.165, 1.54) is 20.3 Å². The summed E-state index contributed by atoms with van der Waals surface area (Å²) in [5.74, 6) is 1.17. The van der Waals surface area contributed by atoms with Crippen LogP contribution in [0.3, 0.4) is 0 Å². The molecule has 110 valence electrons. The first-order chi connectivity index (χ1) is 9.67. The number of hydrogen-bond donors (Lipinski definition) is 0. The number of esters is 1. The van der Waals surface area contributed by atoms with Gasteiger partial charge in [-0.25, -0.2) is 4.79 Å². The second kappa shape index (κ2) is 8.09. The number of methoxy groups -OCH3 is 3. The maximum Gasteiger partial charge on any atom is 0.330 e. The summed E-state index contributed by atoms with van der Waals surface area (Å²) in [6.07, 6.45) is 3.78. The molecule has 0 heterocycles. The van der Waals surface area contributed by atoms with Gasteiger partial charge in [-0.05, 0) is 24.6 Å². The van der Waals surface area contributed by atoms with Crippen molar-refractivity contribution < 1.29 is 23.7 Å². The van der Waals surface area contributed by atoms with Crippen molar-refractivity contribution in [3.63, 3.8) is 0 Å². The summed E-state index contributed by atoms with van der Waals surface area (Å²) >= 11 is 0. The number of carbonyl (C=O) groups is 1. The van der Waals surface area contributed by atoms with Crippen LogP contribution in [0.1, 0.15) is 18.9 Å². The highest BCUT2D eigenvalue weighted by molar-refractivity contribution is 5.88. The first-order valence-electron chi connectivity index (χ1n) is 6.31. The van der Waals surface area contributed by atoms with Crippen LogP contribution >= 0.6 is 0 Å². The molecule has 0 amide bonds. The van der Waals surface area contributed by atoms with Crippen molar-refractivity contribution >= 4 is 12.0 Å². The monoisotopic (exact) mass is 280 g/mol. The molecule has 0 atom stereocenters. The molecule has 0 N–H and O–H groups in total. The predicted octanol–water partition coefficient (Wildman–Crippen LogP) is 2.68. The van der Waals surface area contributed by atoms with Gasteiger partial charge >= 0.3 is 5.97 Å². The van der Waals surface area contributed by atoms with Crippen molar-refractivity contribution in [1.82, 2.24) is 0 Å². The molecule has 1 aromatic rings. The summed E-state index contributed by atoms with van der Waals surface area (Å²) < 4.78 is 20.7. The molecule has 0 spiro atoms. The van der Waals surface area contributed by atoms with Crippen molar-refractivity contribution in [2.75, 3.05) is 27.9 Å². The molecule has 0 saturated carbocycles. The van der Waals surface area contributed by atoms with E-state index in [2.05, 4.69) is 0 Å². The Morgan fingerprint density at radius 1 is 1.10 bits per heavy atom. The van der Waals surface area contributed by atoms with Gasteiger partial charge < -0.3 is 18.9 Å². The van der Waals surface area contributed by atoms with Crippen LogP contribution in [0.15, 0.2) is 18.2 Å². The minimum atomic E-state index is -0.385. The number of hydrogen-bond acceptors (Lipinski definition) is 5. The van der Waals surface area contributed by atoms with Crippen LogP contribution in [0.2, 0.25) is 0 Å². The normalized spacial score (nSPS) is 10.4. The smallest absolute Gasteiger partial charge is 0.330 e. The second-order valence-corrected chi connectivity index (χ2v) is 3.92. The fourth-order valence-corrected chi connectivity index (χ4v) is 1.66.